The minimum atomic E-state index is -0.218. The summed E-state index contributed by atoms with van der Waals surface area (Å²) in [5, 5.41) is 6.37. The number of hydrogen-bond donors (Lipinski definition) is 2. The number of nitrogens with one attached hydrogen (secondary N) is 2. The van der Waals surface area contributed by atoms with Crippen molar-refractivity contribution in [3.05, 3.63) is 53.6 Å². The largest absolute Gasteiger partial charge is 0.484 e. The summed E-state index contributed by atoms with van der Waals surface area (Å²) in [5.74, 6) is 0.431. The fourth-order valence-corrected chi connectivity index (χ4v) is 1.72. The molecule has 20 heavy (non-hydrogen) atoms. The maximum Gasteiger partial charge on any atom is 0.262 e. The second-order valence-electron chi connectivity index (χ2n) is 4.12. The number of halogens is 1. The molecule has 0 bridgehead atoms. The van der Waals surface area contributed by atoms with Gasteiger partial charge in [-0.1, -0.05) is 11.6 Å². The molecule has 0 fully saturated rings. The first-order valence-corrected chi connectivity index (χ1v) is 6.51. The van der Waals surface area contributed by atoms with Crippen molar-refractivity contribution in [3.63, 3.8) is 0 Å². The first kappa shape index (κ1) is 14.2. The zero-order chi connectivity index (χ0) is 14.4. The van der Waals surface area contributed by atoms with E-state index in [2.05, 4.69) is 10.6 Å². The number of carbonyl (C=O) groups excluding carboxylic acids is 1. The fraction of sp³-hybridized carbons (Fsp3) is 0.133. The van der Waals surface area contributed by atoms with Crippen molar-refractivity contribution < 1.29 is 9.53 Å². The van der Waals surface area contributed by atoms with Gasteiger partial charge in [0.05, 0.1) is 0 Å². The minimum Gasteiger partial charge on any atom is -0.484 e. The zero-order valence-electron chi connectivity index (χ0n) is 11.0. The molecular weight excluding hydrogens is 276 g/mol. The van der Waals surface area contributed by atoms with Crippen LogP contribution in [-0.4, -0.2) is 19.6 Å². The molecule has 0 spiro atoms. The van der Waals surface area contributed by atoms with E-state index in [9.17, 15) is 4.79 Å². The van der Waals surface area contributed by atoms with Gasteiger partial charge >= 0.3 is 0 Å². The lowest BCUT2D eigenvalue weighted by atomic mass is 10.3. The topological polar surface area (TPSA) is 50.4 Å². The summed E-state index contributed by atoms with van der Waals surface area (Å²) in [4.78, 5) is 11.7. The van der Waals surface area contributed by atoms with Crippen molar-refractivity contribution in [1.82, 2.24) is 0 Å². The molecule has 2 rings (SSSR count). The number of anilines is 2. The monoisotopic (exact) mass is 290 g/mol. The normalized spacial score (nSPS) is 9.90. The Hall–Kier alpha value is -2.20. The van der Waals surface area contributed by atoms with Crippen LogP contribution in [0.4, 0.5) is 11.4 Å². The highest BCUT2D eigenvalue weighted by Crippen LogP contribution is 2.16. The fourth-order valence-electron chi connectivity index (χ4n) is 1.60. The Morgan fingerprint density at radius 3 is 2.25 bits per heavy atom. The van der Waals surface area contributed by atoms with E-state index in [1.165, 1.54) is 0 Å². The maximum atomic E-state index is 11.7. The standard InChI is InChI=1S/C15H15ClN2O2/c1-17-12-6-8-14(9-7-12)20-10-15(19)18-13-4-2-11(16)3-5-13/h2-9,17H,10H2,1H3,(H,18,19). The third-order valence-corrected chi connectivity index (χ3v) is 2.89. The number of ether oxygens (including phenoxy) is 1. The molecule has 0 radical (unpaired) electrons. The predicted molar refractivity (Wildman–Crippen MR) is 81.6 cm³/mol. The van der Waals surface area contributed by atoms with Crippen molar-refractivity contribution in [3.8, 4) is 5.75 Å². The van der Waals surface area contributed by atoms with E-state index in [-0.39, 0.29) is 12.5 Å². The molecule has 1 amide bonds. The SMILES string of the molecule is CNc1ccc(OCC(=O)Nc2ccc(Cl)cc2)cc1. The summed E-state index contributed by atoms with van der Waals surface area (Å²) in [6.45, 7) is -0.0402. The predicted octanol–water partition coefficient (Wildman–Crippen LogP) is 3.40. The molecule has 4 nitrogen and oxygen atoms in total. The summed E-state index contributed by atoms with van der Waals surface area (Å²) in [6.07, 6.45) is 0. The summed E-state index contributed by atoms with van der Waals surface area (Å²) in [6, 6.07) is 14.3. The number of hydrogen-bond acceptors (Lipinski definition) is 3. The average molecular weight is 291 g/mol. The molecular formula is C15H15ClN2O2. The van der Waals surface area contributed by atoms with Crippen LogP contribution in [0.15, 0.2) is 48.5 Å². The Morgan fingerprint density at radius 2 is 1.65 bits per heavy atom. The van der Waals surface area contributed by atoms with Crippen LogP contribution in [-0.2, 0) is 4.79 Å². The molecule has 0 heterocycles. The molecule has 0 unspecified atom stereocenters. The Morgan fingerprint density at radius 1 is 1.05 bits per heavy atom. The van der Waals surface area contributed by atoms with E-state index < -0.39 is 0 Å². The number of rotatable bonds is 5. The second kappa shape index (κ2) is 6.82. The van der Waals surface area contributed by atoms with E-state index in [1.54, 1.807) is 36.4 Å². The summed E-state index contributed by atoms with van der Waals surface area (Å²) < 4.78 is 5.40. The molecule has 0 aliphatic carbocycles. The number of benzene rings is 2. The highest BCUT2D eigenvalue weighted by atomic mass is 35.5. The van der Waals surface area contributed by atoms with Crippen LogP contribution >= 0.6 is 11.6 Å². The highest BCUT2D eigenvalue weighted by Gasteiger charge is 2.03. The first-order chi connectivity index (χ1) is 9.67. The van der Waals surface area contributed by atoms with Gasteiger partial charge < -0.3 is 15.4 Å². The van der Waals surface area contributed by atoms with Crippen molar-refractivity contribution >= 4 is 28.9 Å². The molecule has 104 valence electrons. The second-order valence-corrected chi connectivity index (χ2v) is 4.55. The molecule has 5 heteroatoms. The maximum absolute atomic E-state index is 11.7. The molecule has 0 saturated carbocycles. The lowest BCUT2D eigenvalue weighted by Crippen LogP contribution is -2.20. The molecule has 2 N–H and O–H groups in total. The molecule has 0 aliphatic rings. The molecule has 2 aromatic rings. The van der Waals surface area contributed by atoms with Crippen LogP contribution in [0.1, 0.15) is 0 Å². The van der Waals surface area contributed by atoms with E-state index in [0.29, 0.717) is 16.5 Å². The number of amides is 1. The van der Waals surface area contributed by atoms with Gasteiger partial charge in [-0.3, -0.25) is 4.79 Å². The number of carbonyl (C=O) groups is 1. The summed E-state index contributed by atoms with van der Waals surface area (Å²) in [5.41, 5.74) is 1.68. The Labute approximate surface area is 122 Å². The van der Waals surface area contributed by atoms with Gasteiger partial charge in [0.25, 0.3) is 5.91 Å². The van der Waals surface area contributed by atoms with Gasteiger partial charge in [-0.15, -0.1) is 0 Å². The Bertz CT molecular complexity index is 567. The van der Waals surface area contributed by atoms with Crippen molar-refractivity contribution in [2.45, 2.75) is 0 Å². The van der Waals surface area contributed by atoms with Crippen molar-refractivity contribution in [1.29, 1.82) is 0 Å². The third-order valence-electron chi connectivity index (χ3n) is 2.64. The zero-order valence-corrected chi connectivity index (χ0v) is 11.8. The van der Waals surface area contributed by atoms with Crippen LogP contribution in [0.25, 0.3) is 0 Å². The Balaban J connectivity index is 1.83. The van der Waals surface area contributed by atoms with Gasteiger partial charge in [-0.05, 0) is 48.5 Å². The summed E-state index contributed by atoms with van der Waals surface area (Å²) >= 11 is 5.77. The van der Waals surface area contributed by atoms with Gasteiger partial charge in [0, 0.05) is 23.4 Å². The lowest BCUT2D eigenvalue weighted by molar-refractivity contribution is -0.118. The average Bonchev–Trinajstić information content (AvgIpc) is 2.48. The highest BCUT2D eigenvalue weighted by molar-refractivity contribution is 6.30. The van der Waals surface area contributed by atoms with Crippen LogP contribution in [0.3, 0.4) is 0 Å². The molecule has 0 saturated heterocycles. The van der Waals surface area contributed by atoms with E-state index in [1.807, 2.05) is 19.2 Å². The third kappa shape index (κ3) is 4.17. The van der Waals surface area contributed by atoms with Crippen molar-refractivity contribution in [2.75, 3.05) is 24.3 Å². The van der Waals surface area contributed by atoms with Gasteiger partial charge in [-0.2, -0.15) is 0 Å². The van der Waals surface area contributed by atoms with E-state index in [0.717, 1.165) is 5.69 Å². The van der Waals surface area contributed by atoms with E-state index in [4.69, 9.17) is 16.3 Å². The van der Waals surface area contributed by atoms with Gasteiger partial charge in [0.2, 0.25) is 0 Å². The lowest BCUT2D eigenvalue weighted by Gasteiger charge is -2.08. The first-order valence-electron chi connectivity index (χ1n) is 6.13. The Kier molecular flexibility index (Phi) is 4.85. The van der Waals surface area contributed by atoms with E-state index >= 15 is 0 Å². The smallest absolute Gasteiger partial charge is 0.262 e. The molecule has 0 aliphatic heterocycles. The van der Waals surface area contributed by atoms with Crippen LogP contribution < -0.4 is 15.4 Å². The van der Waals surface area contributed by atoms with Crippen LogP contribution in [0.2, 0.25) is 5.02 Å². The van der Waals surface area contributed by atoms with Gasteiger partial charge in [0.1, 0.15) is 5.75 Å². The quantitative estimate of drug-likeness (QED) is 0.887. The van der Waals surface area contributed by atoms with Crippen LogP contribution in [0.5, 0.6) is 5.75 Å². The molecule has 2 aromatic carbocycles. The van der Waals surface area contributed by atoms with Crippen LogP contribution in [0, 0.1) is 0 Å². The van der Waals surface area contributed by atoms with Gasteiger partial charge in [-0.25, -0.2) is 0 Å². The van der Waals surface area contributed by atoms with Gasteiger partial charge in [0.15, 0.2) is 6.61 Å². The minimum absolute atomic E-state index is 0.0402. The summed E-state index contributed by atoms with van der Waals surface area (Å²) in [7, 11) is 1.84. The van der Waals surface area contributed by atoms with Crippen molar-refractivity contribution in [2.24, 2.45) is 0 Å². The molecule has 0 aromatic heterocycles. The molecule has 0 atom stereocenters.